The molecule has 1 aromatic rings. The molecule has 2 rings (SSSR count). The Morgan fingerprint density at radius 1 is 1.39 bits per heavy atom. The maximum Gasteiger partial charge on any atom is 0.138 e. The minimum atomic E-state index is 0.204. The van der Waals surface area contributed by atoms with Crippen LogP contribution in [0, 0.1) is 5.92 Å². The van der Waals surface area contributed by atoms with Crippen molar-refractivity contribution in [3.05, 3.63) is 28.8 Å². The van der Waals surface area contributed by atoms with Gasteiger partial charge in [0.05, 0.1) is 5.02 Å². The molecule has 0 radical (unpaired) electrons. The largest absolute Gasteiger partial charge is 0.506 e. The normalized spacial score (nSPS) is 18.1. The first-order valence-corrected chi connectivity index (χ1v) is 6.90. The summed E-state index contributed by atoms with van der Waals surface area (Å²) in [5, 5.41) is 13.6. The van der Waals surface area contributed by atoms with Crippen molar-refractivity contribution in [1.29, 1.82) is 0 Å². The van der Waals surface area contributed by atoms with Crippen LogP contribution in [0.25, 0.3) is 0 Å². The van der Waals surface area contributed by atoms with Crippen LogP contribution >= 0.6 is 11.6 Å². The predicted molar refractivity (Wildman–Crippen MR) is 75.0 cm³/mol. The molecular weight excluding hydrogens is 248 g/mol. The zero-order chi connectivity index (χ0) is 13.0. The van der Waals surface area contributed by atoms with Gasteiger partial charge < -0.3 is 15.3 Å². The van der Waals surface area contributed by atoms with E-state index in [4.69, 9.17) is 11.6 Å². The Bertz CT molecular complexity index is 389. The molecule has 1 fully saturated rings. The molecule has 3 nitrogen and oxygen atoms in total. The number of benzene rings is 1. The Morgan fingerprint density at radius 2 is 2.11 bits per heavy atom. The van der Waals surface area contributed by atoms with Crippen LogP contribution in [0.3, 0.4) is 0 Å². The van der Waals surface area contributed by atoms with Gasteiger partial charge in [-0.2, -0.15) is 0 Å². The van der Waals surface area contributed by atoms with Gasteiger partial charge in [0.25, 0.3) is 0 Å². The molecule has 0 atom stereocenters. The predicted octanol–water partition coefficient (Wildman–Crippen LogP) is 2.48. The van der Waals surface area contributed by atoms with Crippen LogP contribution in [0.2, 0.25) is 5.02 Å². The molecule has 1 aromatic carbocycles. The highest BCUT2D eigenvalue weighted by Crippen LogP contribution is 2.26. The van der Waals surface area contributed by atoms with Crippen molar-refractivity contribution in [2.45, 2.75) is 19.4 Å². The Balaban J connectivity index is 1.77. The number of aromatic hydroxyl groups is 1. The molecule has 0 unspecified atom stereocenters. The number of piperidine rings is 1. The number of likely N-dealkylation sites (tertiary alicyclic amines) is 1. The molecule has 100 valence electrons. The summed E-state index contributed by atoms with van der Waals surface area (Å²) in [5.74, 6) is 0.956. The van der Waals surface area contributed by atoms with Crippen molar-refractivity contribution in [3.63, 3.8) is 0 Å². The lowest BCUT2D eigenvalue weighted by Crippen LogP contribution is -2.34. The van der Waals surface area contributed by atoms with E-state index in [2.05, 4.69) is 17.3 Å². The van der Waals surface area contributed by atoms with Crippen LogP contribution in [0.15, 0.2) is 18.2 Å². The van der Waals surface area contributed by atoms with Crippen molar-refractivity contribution < 1.29 is 5.11 Å². The van der Waals surface area contributed by atoms with Crippen molar-refractivity contribution in [2.24, 2.45) is 5.92 Å². The second kappa shape index (κ2) is 6.41. The van der Waals surface area contributed by atoms with Gasteiger partial charge >= 0.3 is 0 Å². The molecule has 4 heteroatoms. The summed E-state index contributed by atoms with van der Waals surface area (Å²) in [7, 11) is 2.17. The average molecular weight is 269 g/mol. The molecule has 0 aliphatic carbocycles. The van der Waals surface area contributed by atoms with Crippen LogP contribution < -0.4 is 5.32 Å². The van der Waals surface area contributed by atoms with Crippen LogP contribution in [0.5, 0.6) is 5.75 Å². The van der Waals surface area contributed by atoms with E-state index in [-0.39, 0.29) is 5.75 Å². The highest BCUT2D eigenvalue weighted by molar-refractivity contribution is 6.32. The average Bonchev–Trinajstić information content (AvgIpc) is 2.37. The molecule has 18 heavy (non-hydrogen) atoms. The standard InChI is InChI=1S/C14H21ClN2O/c1-17-7-5-11(6-8-17)9-16-10-12-3-2-4-13(15)14(12)18/h2-4,11,16,18H,5-10H2,1H3. The van der Waals surface area contributed by atoms with E-state index in [0.717, 1.165) is 18.0 Å². The Labute approximate surface area is 114 Å². The Hall–Kier alpha value is -0.770. The third-order valence-corrected chi connectivity index (χ3v) is 3.96. The third-order valence-electron chi connectivity index (χ3n) is 3.66. The van der Waals surface area contributed by atoms with Gasteiger partial charge in [0.15, 0.2) is 0 Å². The molecule has 0 aromatic heterocycles. The van der Waals surface area contributed by atoms with Crippen LogP contribution in [0.4, 0.5) is 0 Å². The summed E-state index contributed by atoms with van der Waals surface area (Å²) in [5.41, 5.74) is 0.871. The summed E-state index contributed by atoms with van der Waals surface area (Å²) < 4.78 is 0. The molecule has 0 saturated carbocycles. The smallest absolute Gasteiger partial charge is 0.138 e. The lowest BCUT2D eigenvalue weighted by Gasteiger charge is -2.29. The van der Waals surface area contributed by atoms with Gasteiger partial charge in [-0.1, -0.05) is 23.7 Å². The van der Waals surface area contributed by atoms with Crippen LogP contribution in [-0.2, 0) is 6.54 Å². The molecule has 2 N–H and O–H groups in total. The summed E-state index contributed by atoms with van der Waals surface area (Å²) in [6, 6.07) is 5.48. The number of nitrogens with zero attached hydrogens (tertiary/aromatic N) is 1. The highest BCUT2D eigenvalue weighted by atomic mass is 35.5. The molecule has 1 heterocycles. The quantitative estimate of drug-likeness (QED) is 0.881. The number of rotatable bonds is 4. The van der Waals surface area contributed by atoms with E-state index in [1.54, 1.807) is 6.07 Å². The van der Waals surface area contributed by atoms with Gasteiger partial charge in [-0.15, -0.1) is 0 Å². The van der Waals surface area contributed by atoms with Crippen molar-refractivity contribution in [1.82, 2.24) is 10.2 Å². The fraction of sp³-hybridized carbons (Fsp3) is 0.571. The van der Waals surface area contributed by atoms with Gasteiger partial charge in [0.2, 0.25) is 0 Å². The SMILES string of the molecule is CN1CCC(CNCc2cccc(Cl)c2O)CC1. The molecular formula is C14H21ClN2O. The highest BCUT2D eigenvalue weighted by Gasteiger charge is 2.16. The summed E-state index contributed by atoms with van der Waals surface area (Å²) in [6.45, 7) is 4.07. The maximum atomic E-state index is 9.79. The number of hydrogen-bond donors (Lipinski definition) is 2. The van der Waals surface area contributed by atoms with Gasteiger partial charge in [0.1, 0.15) is 5.75 Å². The summed E-state index contributed by atoms with van der Waals surface area (Å²) in [6.07, 6.45) is 2.51. The van der Waals surface area contributed by atoms with Crippen LogP contribution in [0.1, 0.15) is 18.4 Å². The third kappa shape index (κ3) is 3.61. The Morgan fingerprint density at radius 3 is 2.83 bits per heavy atom. The molecule has 1 saturated heterocycles. The lowest BCUT2D eigenvalue weighted by molar-refractivity contribution is 0.216. The zero-order valence-corrected chi connectivity index (χ0v) is 11.6. The fourth-order valence-electron chi connectivity index (χ4n) is 2.38. The van der Waals surface area contributed by atoms with E-state index < -0.39 is 0 Å². The van der Waals surface area contributed by atoms with E-state index in [1.807, 2.05) is 12.1 Å². The van der Waals surface area contributed by atoms with E-state index >= 15 is 0 Å². The zero-order valence-electron chi connectivity index (χ0n) is 10.8. The molecule has 1 aliphatic rings. The van der Waals surface area contributed by atoms with Crippen molar-refractivity contribution in [3.8, 4) is 5.75 Å². The van der Waals surface area contributed by atoms with E-state index in [1.165, 1.54) is 25.9 Å². The van der Waals surface area contributed by atoms with Crippen LogP contribution in [-0.4, -0.2) is 36.7 Å². The Kier molecular flexibility index (Phi) is 4.87. The summed E-state index contributed by atoms with van der Waals surface area (Å²) >= 11 is 5.87. The lowest BCUT2D eigenvalue weighted by atomic mass is 9.97. The molecule has 0 spiro atoms. The van der Waals surface area contributed by atoms with E-state index in [0.29, 0.717) is 11.6 Å². The first-order chi connectivity index (χ1) is 8.66. The monoisotopic (exact) mass is 268 g/mol. The van der Waals surface area contributed by atoms with Crippen molar-refractivity contribution in [2.75, 3.05) is 26.7 Å². The minimum absolute atomic E-state index is 0.204. The van der Waals surface area contributed by atoms with Crippen molar-refractivity contribution >= 4 is 11.6 Å². The fourth-order valence-corrected chi connectivity index (χ4v) is 2.57. The topological polar surface area (TPSA) is 35.5 Å². The minimum Gasteiger partial charge on any atom is -0.506 e. The molecule has 0 amide bonds. The first kappa shape index (κ1) is 13.7. The molecule has 1 aliphatic heterocycles. The second-order valence-electron chi connectivity index (χ2n) is 5.13. The number of phenols is 1. The molecule has 0 bridgehead atoms. The number of para-hydroxylation sites is 1. The number of phenolic OH excluding ortho intramolecular Hbond substituents is 1. The summed E-state index contributed by atoms with van der Waals surface area (Å²) in [4.78, 5) is 2.37. The van der Waals surface area contributed by atoms with Gasteiger partial charge in [-0.3, -0.25) is 0 Å². The van der Waals surface area contributed by atoms with Gasteiger partial charge in [-0.25, -0.2) is 0 Å². The number of nitrogens with one attached hydrogen (secondary N) is 1. The van der Waals surface area contributed by atoms with Gasteiger partial charge in [-0.05, 0) is 51.5 Å². The maximum absolute atomic E-state index is 9.79. The van der Waals surface area contributed by atoms with E-state index in [9.17, 15) is 5.11 Å². The second-order valence-corrected chi connectivity index (χ2v) is 5.53. The first-order valence-electron chi connectivity index (χ1n) is 6.52. The number of halogens is 1. The number of hydrogen-bond acceptors (Lipinski definition) is 3. The van der Waals surface area contributed by atoms with Gasteiger partial charge in [0, 0.05) is 12.1 Å².